The zero-order valence-electron chi connectivity index (χ0n) is 13.9. The molecule has 0 radical (unpaired) electrons. The Morgan fingerprint density at radius 1 is 1.04 bits per heavy atom. The van der Waals surface area contributed by atoms with Crippen molar-refractivity contribution in [3.63, 3.8) is 0 Å². The van der Waals surface area contributed by atoms with Gasteiger partial charge < -0.3 is 5.32 Å². The third-order valence-corrected chi connectivity index (χ3v) is 4.36. The summed E-state index contributed by atoms with van der Waals surface area (Å²) in [4.78, 5) is 11.8. The van der Waals surface area contributed by atoms with E-state index in [4.69, 9.17) is 0 Å². The van der Waals surface area contributed by atoms with Crippen molar-refractivity contribution >= 4 is 5.82 Å². The Bertz CT molecular complexity index is 942. The van der Waals surface area contributed by atoms with Gasteiger partial charge in [0.1, 0.15) is 11.6 Å². The number of nitrogens with one attached hydrogen (secondary N) is 1. The molecule has 0 aliphatic heterocycles. The normalized spacial score (nSPS) is 19.0. The molecule has 4 rings (SSSR count). The smallest absolute Gasteiger partial charge is 0.367 e. The van der Waals surface area contributed by atoms with Crippen molar-refractivity contribution in [1.29, 1.82) is 0 Å². The van der Waals surface area contributed by atoms with Crippen LogP contribution in [0.4, 0.5) is 23.4 Å². The lowest BCUT2D eigenvalue weighted by Crippen LogP contribution is -2.13. The molecule has 3 aromatic rings. The largest absolute Gasteiger partial charge is 0.433 e. The van der Waals surface area contributed by atoms with Gasteiger partial charge in [-0.15, -0.1) is 0 Å². The molecule has 8 heteroatoms. The maximum absolute atomic E-state index is 13.2. The second-order valence-corrected chi connectivity index (χ2v) is 6.35. The highest BCUT2D eigenvalue weighted by molar-refractivity contribution is 5.57. The first-order chi connectivity index (χ1) is 12.9. The Labute approximate surface area is 152 Å². The van der Waals surface area contributed by atoms with Crippen LogP contribution in [-0.2, 0) is 6.18 Å². The van der Waals surface area contributed by atoms with E-state index in [0.717, 1.165) is 18.1 Å². The minimum Gasteiger partial charge on any atom is -0.367 e. The van der Waals surface area contributed by atoms with Crippen LogP contribution in [0.2, 0.25) is 0 Å². The van der Waals surface area contributed by atoms with E-state index in [1.165, 1.54) is 24.5 Å². The van der Waals surface area contributed by atoms with Gasteiger partial charge in [0.05, 0.1) is 0 Å². The monoisotopic (exact) mass is 374 g/mol. The predicted molar refractivity (Wildman–Crippen MR) is 91.4 cm³/mol. The summed E-state index contributed by atoms with van der Waals surface area (Å²) in [5.41, 5.74) is 0.321. The van der Waals surface area contributed by atoms with E-state index in [1.807, 2.05) is 0 Å². The maximum Gasteiger partial charge on any atom is 0.433 e. The van der Waals surface area contributed by atoms with Crippen LogP contribution in [0.3, 0.4) is 0 Å². The lowest BCUT2D eigenvalue weighted by molar-refractivity contribution is -0.141. The van der Waals surface area contributed by atoms with Gasteiger partial charge in [0, 0.05) is 36.0 Å². The van der Waals surface area contributed by atoms with E-state index in [9.17, 15) is 17.6 Å². The van der Waals surface area contributed by atoms with Gasteiger partial charge in [-0.1, -0.05) is 12.1 Å². The molecule has 27 heavy (non-hydrogen) atoms. The Morgan fingerprint density at radius 3 is 2.48 bits per heavy atom. The summed E-state index contributed by atoms with van der Waals surface area (Å²) in [6.07, 6.45) is -0.916. The summed E-state index contributed by atoms with van der Waals surface area (Å²) in [5.74, 6) is -0.155. The summed E-state index contributed by atoms with van der Waals surface area (Å²) in [5, 5.41) is 3.04. The van der Waals surface area contributed by atoms with Crippen molar-refractivity contribution in [2.45, 2.75) is 24.6 Å². The van der Waals surface area contributed by atoms with Crippen LogP contribution in [0.15, 0.2) is 54.9 Å². The van der Waals surface area contributed by atoms with Crippen LogP contribution >= 0.6 is 0 Å². The molecule has 1 saturated carbocycles. The highest BCUT2D eigenvalue weighted by Crippen LogP contribution is 2.43. The number of nitrogens with zero attached hydrogens (tertiary/aromatic N) is 3. The molecule has 0 spiro atoms. The number of halogens is 4. The molecule has 1 aliphatic rings. The number of hydrogen-bond donors (Lipinski definition) is 1. The second kappa shape index (κ2) is 6.61. The van der Waals surface area contributed by atoms with Gasteiger partial charge in [0.15, 0.2) is 11.5 Å². The lowest BCUT2D eigenvalue weighted by Gasteiger charge is -2.12. The first-order valence-corrected chi connectivity index (χ1v) is 8.29. The molecular formula is C19H14F4N4. The number of anilines is 1. The van der Waals surface area contributed by atoms with Gasteiger partial charge >= 0.3 is 6.18 Å². The summed E-state index contributed by atoms with van der Waals surface area (Å²) in [6, 6.07) is 10.2. The van der Waals surface area contributed by atoms with Crippen LogP contribution in [0.5, 0.6) is 0 Å². The second-order valence-electron chi connectivity index (χ2n) is 6.35. The fourth-order valence-corrected chi connectivity index (χ4v) is 2.91. The van der Waals surface area contributed by atoms with Crippen LogP contribution in [-0.4, -0.2) is 21.0 Å². The van der Waals surface area contributed by atoms with Gasteiger partial charge in [0.2, 0.25) is 0 Å². The third-order valence-electron chi connectivity index (χ3n) is 4.36. The molecule has 1 aromatic carbocycles. The van der Waals surface area contributed by atoms with E-state index in [2.05, 4.69) is 20.3 Å². The summed E-state index contributed by atoms with van der Waals surface area (Å²) < 4.78 is 52.7. The molecule has 0 bridgehead atoms. The molecule has 0 unspecified atom stereocenters. The van der Waals surface area contributed by atoms with Crippen LogP contribution < -0.4 is 5.32 Å². The third kappa shape index (κ3) is 3.89. The summed E-state index contributed by atoms with van der Waals surface area (Å²) >= 11 is 0. The van der Waals surface area contributed by atoms with Crippen LogP contribution in [0.25, 0.3) is 11.4 Å². The highest BCUT2D eigenvalue weighted by atomic mass is 19.4. The lowest BCUT2D eigenvalue weighted by atomic mass is 10.1. The van der Waals surface area contributed by atoms with E-state index < -0.39 is 11.9 Å². The number of benzene rings is 1. The Kier molecular flexibility index (Phi) is 4.25. The van der Waals surface area contributed by atoms with Crippen molar-refractivity contribution in [2.24, 2.45) is 0 Å². The molecule has 4 nitrogen and oxygen atoms in total. The van der Waals surface area contributed by atoms with Gasteiger partial charge in [0.25, 0.3) is 0 Å². The fourth-order valence-electron chi connectivity index (χ4n) is 2.91. The van der Waals surface area contributed by atoms with E-state index in [0.29, 0.717) is 5.56 Å². The first-order valence-electron chi connectivity index (χ1n) is 8.29. The van der Waals surface area contributed by atoms with Crippen molar-refractivity contribution in [3.05, 3.63) is 71.9 Å². The van der Waals surface area contributed by atoms with E-state index in [-0.39, 0.29) is 29.4 Å². The van der Waals surface area contributed by atoms with E-state index in [1.54, 1.807) is 24.3 Å². The zero-order chi connectivity index (χ0) is 19.0. The number of hydrogen-bond acceptors (Lipinski definition) is 4. The Morgan fingerprint density at radius 2 is 1.81 bits per heavy atom. The summed E-state index contributed by atoms with van der Waals surface area (Å²) in [7, 11) is 0. The van der Waals surface area contributed by atoms with Gasteiger partial charge in [-0.25, -0.2) is 14.4 Å². The summed E-state index contributed by atoms with van der Waals surface area (Å²) in [6.45, 7) is 0. The van der Waals surface area contributed by atoms with Gasteiger partial charge in [-0.05, 0) is 36.2 Å². The van der Waals surface area contributed by atoms with Gasteiger partial charge in [-0.2, -0.15) is 13.2 Å². The molecule has 1 fully saturated rings. The topological polar surface area (TPSA) is 50.7 Å². The van der Waals surface area contributed by atoms with Crippen LogP contribution in [0.1, 0.15) is 23.6 Å². The number of pyridine rings is 1. The number of aromatic nitrogens is 3. The molecule has 0 saturated heterocycles. The van der Waals surface area contributed by atoms with Crippen molar-refractivity contribution < 1.29 is 17.6 Å². The van der Waals surface area contributed by atoms with Crippen molar-refractivity contribution in [1.82, 2.24) is 15.0 Å². The standard InChI is InChI=1S/C19H14F4N4/c20-13-5-3-11(4-6-13)14-8-15(14)25-17-9-16(19(21,22)23)26-18(27-17)12-2-1-7-24-10-12/h1-7,9-10,14-15H,8H2,(H,25,26,27)/t14-,15+/m0/s1. The Balaban J connectivity index is 1.60. The Hall–Kier alpha value is -3.03. The molecule has 1 aliphatic carbocycles. The van der Waals surface area contributed by atoms with E-state index >= 15 is 0 Å². The first kappa shape index (κ1) is 17.4. The molecule has 138 valence electrons. The molecule has 0 amide bonds. The van der Waals surface area contributed by atoms with Crippen molar-refractivity contribution in [2.75, 3.05) is 5.32 Å². The SMILES string of the molecule is Fc1ccc([C@@H]2C[C@H]2Nc2cc(C(F)(F)F)nc(-c3cccnc3)n2)cc1. The number of rotatable bonds is 4. The molecule has 2 atom stereocenters. The zero-order valence-corrected chi connectivity index (χ0v) is 13.9. The molecular weight excluding hydrogens is 360 g/mol. The average molecular weight is 374 g/mol. The molecule has 2 heterocycles. The number of alkyl halides is 3. The average Bonchev–Trinajstić information content (AvgIpc) is 3.41. The van der Waals surface area contributed by atoms with Crippen molar-refractivity contribution in [3.8, 4) is 11.4 Å². The van der Waals surface area contributed by atoms with Gasteiger partial charge in [-0.3, -0.25) is 4.98 Å². The van der Waals surface area contributed by atoms with Crippen LogP contribution in [0, 0.1) is 5.82 Å². The quantitative estimate of drug-likeness (QED) is 0.675. The molecule has 2 aromatic heterocycles. The maximum atomic E-state index is 13.2. The minimum atomic E-state index is -4.59. The highest BCUT2D eigenvalue weighted by Gasteiger charge is 2.39. The fraction of sp³-hybridized carbons (Fsp3) is 0.211. The predicted octanol–water partition coefficient (Wildman–Crippen LogP) is 4.66. The molecule has 1 N–H and O–H groups in total. The minimum absolute atomic E-state index is 0.0422.